The van der Waals surface area contributed by atoms with Crippen molar-refractivity contribution >= 4 is 17.4 Å². The van der Waals surface area contributed by atoms with Gasteiger partial charge in [0.25, 0.3) is 0 Å². The highest BCUT2D eigenvalue weighted by Gasteiger charge is 2.16. The number of methoxy groups -OCH3 is 2. The molecular weight excluding hydrogens is 356 g/mol. The summed E-state index contributed by atoms with van der Waals surface area (Å²) in [5.74, 6) is 2.03. The van der Waals surface area contributed by atoms with E-state index in [9.17, 15) is 10.1 Å². The number of ether oxygens (including phenoxy) is 2. The molecule has 3 rings (SSSR count). The molecule has 0 saturated carbocycles. The van der Waals surface area contributed by atoms with Crippen molar-refractivity contribution in [2.24, 2.45) is 0 Å². The Hall–Kier alpha value is -3.07. The van der Waals surface area contributed by atoms with E-state index in [1.54, 1.807) is 19.2 Å². The zero-order chi connectivity index (χ0) is 18.5. The highest BCUT2D eigenvalue weighted by Crippen LogP contribution is 2.31. The number of rotatable bonds is 7. The summed E-state index contributed by atoms with van der Waals surface area (Å²) in [5, 5.41) is 18.7. The van der Waals surface area contributed by atoms with Gasteiger partial charge in [-0.05, 0) is 23.8 Å². The molecule has 9 heteroatoms. The zero-order valence-corrected chi connectivity index (χ0v) is 14.9. The van der Waals surface area contributed by atoms with Gasteiger partial charge in [-0.25, -0.2) is 4.98 Å². The van der Waals surface area contributed by atoms with Gasteiger partial charge in [0.15, 0.2) is 11.6 Å². The summed E-state index contributed by atoms with van der Waals surface area (Å²) in [4.78, 5) is 15.1. The van der Waals surface area contributed by atoms with Crippen molar-refractivity contribution in [2.75, 3.05) is 14.2 Å². The zero-order valence-electron chi connectivity index (χ0n) is 14.1. The van der Waals surface area contributed by atoms with Gasteiger partial charge in [0.2, 0.25) is 5.16 Å². The number of nitro benzene ring substituents is 1. The van der Waals surface area contributed by atoms with Crippen molar-refractivity contribution in [2.45, 2.75) is 10.9 Å². The molecular formula is C17H16N4O4S. The molecule has 0 fully saturated rings. The number of aromatic nitrogens is 3. The number of thioether (sulfide) groups is 1. The Morgan fingerprint density at radius 1 is 1.15 bits per heavy atom. The number of aromatic amines is 1. The maximum absolute atomic E-state index is 11.1. The van der Waals surface area contributed by atoms with Crippen LogP contribution in [0.25, 0.3) is 11.4 Å². The molecule has 0 spiro atoms. The highest BCUT2D eigenvalue weighted by molar-refractivity contribution is 7.98. The Balaban J connectivity index is 1.74. The predicted molar refractivity (Wildman–Crippen MR) is 97.6 cm³/mol. The molecule has 3 aromatic rings. The van der Waals surface area contributed by atoms with Crippen molar-refractivity contribution in [3.8, 4) is 22.9 Å². The lowest BCUT2D eigenvalue weighted by atomic mass is 10.2. The number of nitrogens with one attached hydrogen (secondary N) is 1. The van der Waals surface area contributed by atoms with Gasteiger partial charge in [-0.1, -0.05) is 30.0 Å². The Morgan fingerprint density at radius 2 is 1.92 bits per heavy atom. The van der Waals surface area contributed by atoms with Crippen LogP contribution in [0.3, 0.4) is 0 Å². The van der Waals surface area contributed by atoms with Crippen LogP contribution in [0.15, 0.2) is 47.6 Å². The van der Waals surface area contributed by atoms with E-state index < -0.39 is 4.92 Å². The summed E-state index contributed by atoms with van der Waals surface area (Å²) in [6, 6.07) is 12.4. The molecule has 26 heavy (non-hydrogen) atoms. The van der Waals surface area contributed by atoms with Crippen LogP contribution in [0.1, 0.15) is 5.56 Å². The molecule has 8 nitrogen and oxygen atoms in total. The number of nitrogens with zero attached hydrogens (tertiary/aromatic N) is 3. The lowest BCUT2D eigenvalue weighted by Crippen LogP contribution is -1.95. The fourth-order valence-electron chi connectivity index (χ4n) is 2.39. The van der Waals surface area contributed by atoms with Gasteiger partial charge in [0, 0.05) is 11.8 Å². The quantitative estimate of drug-likeness (QED) is 0.383. The molecule has 0 saturated heterocycles. The molecule has 2 aromatic carbocycles. The number of benzene rings is 2. The number of H-pyrrole nitrogens is 1. The molecule has 0 unspecified atom stereocenters. The van der Waals surface area contributed by atoms with Crippen molar-refractivity contribution in [1.82, 2.24) is 15.2 Å². The SMILES string of the molecule is COc1ccccc1-c1nc(SCc2ccc(OC)c([N+](=O)[O-])c2)n[nH]1. The maximum Gasteiger partial charge on any atom is 0.311 e. The molecule has 0 aliphatic rings. The average Bonchev–Trinajstić information content (AvgIpc) is 3.14. The molecule has 0 atom stereocenters. The summed E-state index contributed by atoms with van der Waals surface area (Å²) in [6.07, 6.45) is 0. The first-order chi connectivity index (χ1) is 12.6. The Labute approximate surface area is 153 Å². The van der Waals surface area contributed by atoms with E-state index in [2.05, 4.69) is 15.2 Å². The summed E-state index contributed by atoms with van der Waals surface area (Å²) in [7, 11) is 3.01. The second-order valence-electron chi connectivity index (χ2n) is 5.22. The van der Waals surface area contributed by atoms with Gasteiger partial charge in [-0.2, -0.15) is 0 Å². The molecule has 0 bridgehead atoms. The number of nitro groups is 1. The average molecular weight is 372 g/mol. The van der Waals surface area contributed by atoms with Crippen LogP contribution in [0.4, 0.5) is 5.69 Å². The highest BCUT2D eigenvalue weighted by atomic mass is 32.2. The summed E-state index contributed by atoms with van der Waals surface area (Å²) in [5.41, 5.74) is 1.54. The fraction of sp³-hybridized carbons (Fsp3) is 0.176. The Kier molecular flexibility index (Phi) is 5.37. The van der Waals surface area contributed by atoms with Crippen LogP contribution >= 0.6 is 11.8 Å². The molecule has 1 heterocycles. The van der Waals surface area contributed by atoms with Gasteiger partial charge in [0.05, 0.1) is 24.7 Å². The first kappa shape index (κ1) is 17.7. The van der Waals surface area contributed by atoms with E-state index in [1.165, 1.54) is 24.9 Å². The summed E-state index contributed by atoms with van der Waals surface area (Å²) in [6.45, 7) is 0. The van der Waals surface area contributed by atoms with Crippen molar-refractivity contribution < 1.29 is 14.4 Å². The van der Waals surface area contributed by atoms with Crippen LogP contribution in [0.5, 0.6) is 11.5 Å². The second-order valence-corrected chi connectivity index (χ2v) is 6.16. The second kappa shape index (κ2) is 7.87. The molecule has 1 aromatic heterocycles. The van der Waals surface area contributed by atoms with Crippen LogP contribution in [-0.4, -0.2) is 34.3 Å². The summed E-state index contributed by atoms with van der Waals surface area (Å²) < 4.78 is 10.3. The Morgan fingerprint density at radius 3 is 2.65 bits per heavy atom. The largest absolute Gasteiger partial charge is 0.496 e. The van der Waals surface area contributed by atoms with Gasteiger partial charge in [-0.3, -0.25) is 15.2 Å². The van der Waals surface area contributed by atoms with E-state index >= 15 is 0 Å². The first-order valence-corrected chi connectivity index (χ1v) is 8.61. The van der Waals surface area contributed by atoms with E-state index in [-0.39, 0.29) is 11.4 Å². The smallest absolute Gasteiger partial charge is 0.311 e. The van der Waals surface area contributed by atoms with Crippen LogP contribution in [0, 0.1) is 10.1 Å². The maximum atomic E-state index is 11.1. The van der Waals surface area contributed by atoms with Crippen molar-refractivity contribution in [3.63, 3.8) is 0 Å². The Bertz CT molecular complexity index is 929. The molecule has 0 radical (unpaired) electrons. The minimum absolute atomic E-state index is 0.0599. The number of hydrogen-bond donors (Lipinski definition) is 1. The lowest BCUT2D eigenvalue weighted by molar-refractivity contribution is -0.385. The van der Waals surface area contributed by atoms with Crippen LogP contribution in [0.2, 0.25) is 0 Å². The number of para-hydroxylation sites is 1. The third-order valence-electron chi connectivity index (χ3n) is 3.63. The van der Waals surface area contributed by atoms with E-state index in [4.69, 9.17) is 9.47 Å². The first-order valence-electron chi connectivity index (χ1n) is 7.62. The monoisotopic (exact) mass is 372 g/mol. The topological polar surface area (TPSA) is 103 Å². The standard InChI is InChI=1S/C17H16N4O4S/c1-24-14-6-4-3-5-12(14)16-18-17(20-19-16)26-10-11-7-8-15(25-2)13(9-11)21(22)23/h3-9H,10H2,1-2H3,(H,18,19,20). The van der Waals surface area contributed by atoms with Gasteiger partial charge in [0.1, 0.15) is 5.75 Å². The molecule has 1 N–H and O–H groups in total. The fourth-order valence-corrected chi connectivity index (χ4v) is 3.13. The minimum Gasteiger partial charge on any atom is -0.496 e. The minimum atomic E-state index is -0.459. The van der Waals surface area contributed by atoms with Crippen LogP contribution < -0.4 is 9.47 Å². The molecule has 134 valence electrons. The normalized spacial score (nSPS) is 10.5. The van der Waals surface area contributed by atoms with E-state index in [1.807, 2.05) is 24.3 Å². The van der Waals surface area contributed by atoms with E-state index in [0.717, 1.165) is 11.1 Å². The third-order valence-corrected chi connectivity index (χ3v) is 4.55. The summed E-state index contributed by atoms with van der Waals surface area (Å²) >= 11 is 1.38. The molecule has 0 aliphatic carbocycles. The van der Waals surface area contributed by atoms with Gasteiger partial charge >= 0.3 is 5.69 Å². The molecule has 0 amide bonds. The van der Waals surface area contributed by atoms with Crippen molar-refractivity contribution in [1.29, 1.82) is 0 Å². The number of hydrogen-bond acceptors (Lipinski definition) is 7. The predicted octanol–water partition coefficient (Wildman–Crippen LogP) is 3.69. The third kappa shape index (κ3) is 3.77. The van der Waals surface area contributed by atoms with E-state index in [0.29, 0.717) is 22.5 Å². The molecule has 0 aliphatic heterocycles. The van der Waals surface area contributed by atoms with Gasteiger partial charge < -0.3 is 9.47 Å². The van der Waals surface area contributed by atoms with Gasteiger partial charge in [-0.15, -0.1) is 5.10 Å². The van der Waals surface area contributed by atoms with Crippen LogP contribution in [-0.2, 0) is 5.75 Å². The lowest BCUT2D eigenvalue weighted by Gasteiger charge is -2.04. The van der Waals surface area contributed by atoms with Crippen molar-refractivity contribution in [3.05, 3.63) is 58.1 Å².